The molecule has 1 unspecified atom stereocenters. The Hall–Kier alpha value is -1.81. The molecule has 4 heteroatoms. The maximum atomic E-state index is 5.65. The van der Waals surface area contributed by atoms with Crippen molar-refractivity contribution in [2.24, 2.45) is 0 Å². The molecule has 1 aromatic carbocycles. The maximum Gasteiger partial charge on any atom is 0.119 e. The molecule has 0 aliphatic carbocycles. The van der Waals surface area contributed by atoms with Crippen LogP contribution in [0.3, 0.4) is 0 Å². The summed E-state index contributed by atoms with van der Waals surface area (Å²) in [7, 11) is 0. The topological polar surface area (TPSA) is 39.1 Å². The SMILES string of the molecule is CCCOc1cccc(CNC(C)Cn2ccnc2)c1. The minimum Gasteiger partial charge on any atom is -0.494 e. The third kappa shape index (κ3) is 4.70. The highest BCUT2D eigenvalue weighted by Gasteiger charge is 2.03. The molecule has 2 aromatic rings. The summed E-state index contributed by atoms with van der Waals surface area (Å²) in [5, 5.41) is 3.52. The Kier molecular flexibility index (Phi) is 5.62. The highest BCUT2D eigenvalue weighted by Crippen LogP contribution is 2.13. The van der Waals surface area contributed by atoms with Gasteiger partial charge >= 0.3 is 0 Å². The molecule has 0 aliphatic rings. The van der Waals surface area contributed by atoms with Gasteiger partial charge in [0.25, 0.3) is 0 Å². The van der Waals surface area contributed by atoms with Gasteiger partial charge in [0, 0.05) is 31.5 Å². The Labute approximate surface area is 120 Å². The molecule has 108 valence electrons. The zero-order valence-corrected chi connectivity index (χ0v) is 12.2. The van der Waals surface area contributed by atoms with E-state index in [-0.39, 0.29) is 0 Å². The van der Waals surface area contributed by atoms with Gasteiger partial charge in [-0.15, -0.1) is 0 Å². The van der Waals surface area contributed by atoms with Gasteiger partial charge in [-0.2, -0.15) is 0 Å². The summed E-state index contributed by atoms with van der Waals surface area (Å²) >= 11 is 0. The minimum atomic E-state index is 0.393. The highest BCUT2D eigenvalue weighted by molar-refractivity contribution is 5.28. The molecule has 1 atom stereocenters. The molecule has 0 fully saturated rings. The van der Waals surface area contributed by atoms with Crippen LogP contribution >= 0.6 is 0 Å². The average molecular weight is 273 g/mol. The van der Waals surface area contributed by atoms with Crippen molar-refractivity contribution in [2.45, 2.75) is 39.4 Å². The predicted octanol–water partition coefficient (Wildman–Crippen LogP) is 2.85. The lowest BCUT2D eigenvalue weighted by molar-refractivity contribution is 0.317. The first kappa shape index (κ1) is 14.6. The number of rotatable bonds is 8. The van der Waals surface area contributed by atoms with Crippen LogP contribution in [-0.4, -0.2) is 22.2 Å². The molecule has 1 N–H and O–H groups in total. The fraction of sp³-hybridized carbons (Fsp3) is 0.438. The molecule has 20 heavy (non-hydrogen) atoms. The van der Waals surface area contributed by atoms with Gasteiger partial charge in [0.05, 0.1) is 12.9 Å². The lowest BCUT2D eigenvalue weighted by atomic mass is 10.2. The van der Waals surface area contributed by atoms with E-state index in [1.807, 2.05) is 24.7 Å². The van der Waals surface area contributed by atoms with Crippen LogP contribution < -0.4 is 10.1 Å². The van der Waals surface area contributed by atoms with Crippen molar-refractivity contribution in [3.8, 4) is 5.75 Å². The van der Waals surface area contributed by atoms with Crippen LogP contribution in [0.25, 0.3) is 0 Å². The molecular weight excluding hydrogens is 250 g/mol. The van der Waals surface area contributed by atoms with Crippen LogP contribution in [0.5, 0.6) is 5.75 Å². The van der Waals surface area contributed by atoms with E-state index in [0.717, 1.165) is 31.9 Å². The lowest BCUT2D eigenvalue weighted by Crippen LogP contribution is -2.29. The second-order valence-corrected chi connectivity index (χ2v) is 5.04. The summed E-state index contributed by atoms with van der Waals surface area (Å²) in [6, 6.07) is 8.67. The van der Waals surface area contributed by atoms with Crippen molar-refractivity contribution in [1.29, 1.82) is 0 Å². The van der Waals surface area contributed by atoms with E-state index < -0.39 is 0 Å². The van der Waals surface area contributed by atoms with E-state index in [9.17, 15) is 0 Å². The number of nitrogens with zero attached hydrogens (tertiary/aromatic N) is 2. The summed E-state index contributed by atoms with van der Waals surface area (Å²) < 4.78 is 7.73. The van der Waals surface area contributed by atoms with E-state index >= 15 is 0 Å². The van der Waals surface area contributed by atoms with Gasteiger partial charge in [0.2, 0.25) is 0 Å². The molecule has 0 radical (unpaired) electrons. The number of benzene rings is 1. The Morgan fingerprint density at radius 3 is 3.05 bits per heavy atom. The van der Waals surface area contributed by atoms with Gasteiger partial charge in [-0.05, 0) is 31.0 Å². The van der Waals surface area contributed by atoms with Crippen LogP contribution in [0.4, 0.5) is 0 Å². The first-order valence-electron chi connectivity index (χ1n) is 7.19. The van der Waals surface area contributed by atoms with Crippen molar-refractivity contribution >= 4 is 0 Å². The van der Waals surface area contributed by atoms with E-state index in [4.69, 9.17) is 4.74 Å². The summed E-state index contributed by atoms with van der Waals surface area (Å²) in [5.74, 6) is 0.952. The standard InChI is InChI=1S/C16H23N3O/c1-3-9-20-16-6-4-5-15(10-16)11-18-14(2)12-19-8-7-17-13-19/h4-8,10,13-14,18H,3,9,11-12H2,1-2H3. The zero-order valence-electron chi connectivity index (χ0n) is 12.2. The normalized spacial score (nSPS) is 12.3. The highest BCUT2D eigenvalue weighted by atomic mass is 16.5. The Morgan fingerprint density at radius 1 is 1.40 bits per heavy atom. The Morgan fingerprint density at radius 2 is 2.30 bits per heavy atom. The summed E-state index contributed by atoms with van der Waals surface area (Å²) in [5.41, 5.74) is 1.25. The van der Waals surface area contributed by atoms with E-state index in [2.05, 4.69) is 40.8 Å². The molecule has 0 saturated carbocycles. The molecule has 1 aromatic heterocycles. The molecule has 0 amide bonds. The van der Waals surface area contributed by atoms with Crippen molar-refractivity contribution < 1.29 is 4.74 Å². The van der Waals surface area contributed by atoms with Gasteiger partial charge in [-0.1, -0.05) is 19.1 Å². The van der Waals surface area contributed by atoms with Crippen LogP contribution in [0.15, 0.2) is 43.0 Å². The maximum absolute atomic E-state index is 5.65. The second kappa shape index (κ2) is 7.70. The van der Waals surface area contributed by atoms with Crippen LogP contribution in [0, 0.1) is 0 Å². The summed E-state index contributed by atoms with van der Waals surface area (Å²) in [6.07, 6.45) is 6.67. The van der Waals surface area contributed by atoms with Crippen molar-refractivity contribution in [2.75, 3.05) is 6.61 Å². The average Bonchev–Trinajstić information content (AvgIpc) is 2.96. The summed E-state index contributed by atoms with van der Waals surface area (Å²) in [4.78, 5) is 4.05. The molecule has 0 aliphatic heterocycles. The molecule has 0 saturated heterocycles. The fourth-order valence-electron chi connectivity index (χ4n) is 2.03. The van der Waals surface area contributed by atoms with E-state index in [0.29, 0.717) is 6.04 Å². The fourth-order valence-corrected chi connectivity index (χ4v) is 2.03. The monoisotopic (exact) mass is 273 g/mol. The number of hydrogen-bond donors (Lipinski definition) is 1. The third-order valence-electron chi connectivity index (χ3n) is 3.07. The smallest absolute Gasteiger partial charge is 0.119 e. The number of ether oxygens (including phenoxy) is 1. The van der Waals surface area contributed by atoms with Crippen molar-refractivity contribution in [3.05, 3.63) is 48.5 Å². The Balaban J connectivity index is 1.80. The van der Waals surface area contributed by atoms with Gasteiger partial charge < -0.3 is 14.6 Å². The minimum absolute atomic E-state index is 0.393. The van der Waals surface area contributed by atoms with E-state index in [1.165, 1.54) is 5.56 Å². The van der Waals surface area contributed by atoms with Gasteiger partial charge in [0.15, 0.2) is 0 Å². The first-order valence-corrected chi connectivity index (χ1v) is 7.19. The van der Waals surface area contributed by atoms with Crippen molar-refractivity contribution in [1.82, 2.24) is 14.9 Å². The summed E-state index contributed by atoms with van der Waals surface area (Å²) in [6.45, 7) is 6.83. The number of aromatic nitrogens is 2. The Bertz CT molecular complexity index is 496. The van der Waals surface area contributed by atoms with Crippen LogP contribution in [0.1, 0.15) is 25.8 Å². The van der Waals surface area contributed by atoms with E-state index in [1.54, 1.807) is 6.20 Å². The molecule has 4 nitrogen and oxygen atoms in total. The lowest BCUT2D eigenvalue weighted by Gasteiger charge is -2.15. The van der Waals surface area contributed by atoms with Crippen molar-refractivity contribution in [3.63, 3.8) is 0 Å². The quantitative estimate of drug-likeness (QED) is 0.804. The van der Waals surface area contributed by atoms with Crippen LogP contribution in [0.2, 0.25) is 0 Å². The zero-order chi connectivity index (χ0) is 14.2. The second-order valence-electron chi connectivity index (χ2n) is 5.04. The molecular formula is C16H23N3O. The van der Waals surface area contributed by atoms with Gasteiger partial charge in [0.1, 0.15) is 5.75 Å². The number of hydrogen-bond acceptors (Lipinski definition) is 3. The molecule has 1 heterocycles. The largest absolute Gasteiger partial charge is 0.494 e. The number of imidazole rings is 1. The van der Waals surface area contributed by atoms with Gasteiger partial charge in [-0.3, -0.25) is 0 Å². The molecule has 0 bridgehead atoms. The third-order valence-corrected chi connectivity index (χ3v) is 3.07. The predicted molar refractivity (Wildman–Crippen MR) is 80.8 cm³/mol. The molecule has 0 spiro atoms. The first-order chi connectivity index (χ1) is 9.78. The van der Waals surface area contributed by atoms with Gasteiger partial charge in [-0.25, -0.2) is 4.98 Å². The number of nitrogens with one attached hydrogen (secondary N) is 1. The molecule has 2 rings (SSSR count). The van der Waals surface area contributed by atoms with Crippen LogP contribution in [-0.2, 0) is 13.1 Å².